The average Bonchev–Trinajstić information content (AvgIpc) is 3.51. The molecule has 1 unspecified atom stereocenters. The molecule has 150 valence electrons. The summed E-state index contributed by atoms with van der Waals surface area (Å²) in [4.78, 5) is 41.7. The van der Waals surface area contributed by atoms with Crippen LogP contribution in [0.25, 0.3) is 0 Å². The first kappa shape index (κ1) is 18.9. The van der Waals surface area contributed by atoms with Crippen LogP contribution in [-0.4, -0.2) is 66.3 Å². The minimum Gasteiger partial charge on any atom is -0.353 e. The van der Waals surface area contributed by atoms with E-state index in [9.17, 15) is 14.4 Å². The number of nitrogens with one attached hydrogen (secondary N) is 2. The van der Waals surface area contributed by atoms with Gasteiger partial charge in [0.2, 0.25) is 11.8 Å². The van der Waals surface area contributed by atoms with E-state index in [1.54, 1.807) is 11.0 Å². The van der Waals surface area contributed by atoms with Gasteiger partial charge in [0.25, 0.3) is 5.91 Å². The number of carbonyl (C=O) groups excluding carboxylic acids is 3. The number of carbonyl (C=O) groups is 3. The molecule has 2 N–H and O–H groups in total. The van der Waals surface area contributed by atoms with Crippen molar-refractivity contribution >= 4 is 17.7 Å². The van der Waals surface area contributed by atoms with Gasteiger partial charge in [-0.25, -0.2) is 0 Å². The second-order valence-electron chi connectivity index (χ2n) is 7.90. The highest BCUT2D eigenvalue weighted by molar-refractivity contribution is 6.05. The van der Waals surface area contributed by atoms with Gasteiger partial charge >= 0.3 is 0 Å². The fourth-order valence-electron chi connectivity index (χ4n) is 4.20. The van der Waals surface area contributed by atoms with Gasteiger partial charge in [-0.1, -0.05) is 24.6 Å². The van der Waals surface area contributed by atoms with E-state index in [-0.39, 0.29) is 30.3 Å². The molecular formula is C21H28N4O3. The second-order valence-corrected chi connectivity index (χ2v) is 7.90. The lowest BCUT2D eigenvalue weighted by Gasteiger charge is -2.26. The molecule has 3 aliphatic rings. The summed E-state index contributed by atoms with van der Waals surface area (Å²) in [5.74, 6) is -0.554. The molecule has 7 heteroatoms. The maximum absolute atomic E-state index is 12.8. The molecule has 2 aliphatic heterocycles. The zero-order valence-electron chi connectivity index (χ0n) is 16.2. The van der Waals surface area contributed by atoms with E-state index in [4.69, 9.17) is 0 Å². The number of hydrogen-bond acceptors (Lipinski definition) is 4. The summed E-state index contributed by atoms with van der Waals surface area (Å²) in [6.07, 6.45) is 5.60. The maximum Gasteiger partial charge on any atom is 0.255 e. The number of hydrogen-bond donors (Lipinski definition) is 2. The highest BCUT2D eigenvalue weighted by atomic mass is 16.2. The number of fused-ring (bicyclic) bond motifs is 1. The van der Waals surface area contributed by atoms with E-state index in [1.807, 2.05) is 18.2 Å². The molecule has 2 fully saturated rings. The molecule has 1 aromatic rings. The molecule has 0 aromatic heterocycles. The van der Waals surface area contributed by atoms with Gasteiger partial charge in [0, 0.05) is 24.7 Å². The van der Waals surface area contributed by atoms with Crippen molar-refractivity contribution in [3.8, 4) is 0 Å². The van der Waals surface area contributed by atoms with Gasteiger partial charge in [-0.15, -0.1) is 0 Å². The molecule has 1 aromatic carbocycles. The Morgan fingerprint density at radius 2 is 1.79 bits per heavy atom. The van der Waals surface area contributed by atoms with Crippen LogP contribution in [0.15, 0.2) is 24.3 Å². The van der Waals surface area contributed by atoms with Crippen molar-refractivity contribution in [1.82, 2.24) is 20.4 Å². The first-order valence-corrected chi connectivity index (χ1v) is 10.3. The highest BCUT2D eigenvalue weighted by Crippen LogP contribution is 2.41. The van der Waals surface area contributed by atoms with E-state index >= 15 is 0 Å². The highest BCUT2D eigenvalue weighted by Gasteiger charge is 2.47. The Morgan fingerprint density at radius 1 is 1.04 bits per heavy atom. The van der Waals surface area contributed by atoms with Crippen LogP contribution in [0.2, 0.25) is 0 Å². The number of benzene rings is 1. The zero-order chi connectivity index (χ0) is 19.5. The Bertz CT molecular complexity index is 756. The SMILES string of the molecule is O=C(CNC(=O)C1c2ccccc2C(=O)N1C1CC1)NCCN1CCCCC1. The Morgan fingerprint density at radius 3 is 2.54 bits per heavy atom. The monoisotopic (exact) mass is 384 g/mol. The zero-order valence-corrected chi connectivity index (χ0v) is 16.2. The third-order valence-electron chi connectivity index (χ3n) is 5.81. The van der Waals surface area contributed by atoms with Crippen LogP contribution >= 0.6 is 0 Å². The number of likely N-dealkylation sites (tertiary alicyclic amines) is 1. The Labute approximate surface area is 165 Å². The van der Waals surface area contributed by atoms with Gasteiger partial charge in [0.05, 0.1) is 6.54 Å². The summed E-state index contributed by atoms with van der Waals surface area (Å²) >= 11 is 0. The molecule has 7 nitrogen and oxygen atoms in total. The van der Waals surface area contributed by atoms with Crippen molar-refractivity contribution in [2.24, 2.45) is 0 Å². The summed E-state index contributed by atoms with van der Waals surface area (Å²) < 4.78 is 0. The topological polar surface area (TPSA) is 81.8 Å². The Kier molecular flexibility index (Phi) is 5.62. The van der Waals surface area contributed by atoms with E-state index in [0.717, 1.165) is 38.0 Å². The molecule has 4 rings (SSSR count). The largest absolute Gasteiger partial charge is 0.353 e. The smallest absolute Gasteiger partial charge is 0.255 e. The van der Waals surface area contributed by atoms with Crippen LogP contribution in [0.5, 0.6) is 0 Å². The summed E-state index contributed by atoms with van der Waals surface area (Å²) in [5, 5.41) is 5.60. The first-order chi connectivity index (χ1) is 13.6. The van der Waals surface area contributed by atoms with Crippen molar-refractivity contribution in [3.63, 3.8) is 0 Å². The fourth-order valence-corrected chi connectivity index (χ4v) is 4.20. The van der Waals surface area contributed by atoms with Crippen LogP contribution in [0.3, 0.4) is 0 Å². The molecule has 28 heavy (non-hydrogen) atoms. The standard InChI is InChI=1S/C21H28N4O3/c26-18(22-10-13-24-11-4-1-5-12-24)14-23-20(27)19-16-6-2-3-7-17(16)21(28)25(19)15-8-9-15/h2-3,6-7,15,19H,1,4-5,8-14H2,(H,22,26)(H,23,27). The summed E-state index contributed by atoms with van der Waals surface area (Å²) in [6.45, 7) is 3.56. The Hall–Kier alpha value is -2.41. The van der Waals surface area contributed by atoms with E-state index in [0.29, 0.717) is 12.1 Å². The lowest BCUT2D eigenvalue weighted by Crippen LogP contribution is -2.45. The fraction of sp³-hybridized carbons (Fsp3) is 0.571. The molecule has 1 saturated carbocycles. The minimum absolute atomic E-state index is 0.0653. The van der Waals surface area contributed by atoms with Crippen LogP contribution in [-0.2, 0) is 9.59 Å². The van der Waals surface area contributed by atoms with Gasteiger partial charge < -0.3 is 20.4 Å². The van der Waals surface area contributed by atoms with Gasteiger partial charge in [-0.05, 0) is 50.4 Å². The van der Waals surface area contributed by atoms with Gasteiger partial charge in [-0.2, -0.15) is 0 Å². The maximum atomic E-state index is 12.8. The van der Waals surface area contributed by atoms with Crippen LogP contribution in [0.1, 0.15) is 54.1 Å². The number of nitrogens with zero attached hydrogens (tertiary/aromatic N) is 2. The van der Waals surface area contributed by atoms with Crippen molar-refractivity contribution in [1.29, 1.82) is 0 Å². The van der Waals surface area contributed by atoms with Crippen molar-refractivity contribution < 1.29 is 14.4 Å². The van der Waals surface area contributed by atoms with Crippen LogP contribution in [0.4, 0.5) is 0 Å². The molecule has 0 spiro atoms. The molecule has 0 radical (unpaired) electrons. The Balaban J connectivity index is 1.29. The quantitative estimate of drug-likeness (QED) is 0.737. The first-order valence-electron chi connectivity index (χ1n) is 10.3. The predicted octanol–water partition coefficient (Wildman–Crippen LogP) is 1.06. The lowest BCUT2D eigenvalue weighted by molar-refractivity contribution is -0.129. The summed E-state index contributed by atoms with van der Waals surface area (Å²) in [5.41, 5.74) is 1.34. The molecule has 1 saturated heterocycles. The minimum atomic E-state index is -0.627. The molecular weight excluding hydrogens is 356 g/mol. The number of rotatable bonds is 7. The predicted molar refractivity (Wildman–Crippen MR) is 105 cm³/mol. The average molecular weight is 384 g/mol. The van der Waals surface area contributed by atoms with E-state index in [1.165, 1.54) is 19.3 Å². The third-order valence-corrected chi connectivity index (χ3v) is 5.81. The molecule has 2 heterocycles. The van der Waals surface area contributed by atoms with Crippen molar-refractivity contribution in [3.05, 3.63) is 35.4 Å². The van der Waals surface area contributed by atoms with Crippen molar-refractivity contribution in [2.45, 2.75) is 44.2 Å². The summed E-state index contributed by atoms with van der Waals surface area (Å²) in [7, 11) is 0. The molecule has 3 amide bonds. The van der Waals surface area contributed by atoms with E-state index in [2.05, 4.69) is 15.5 Å². The number of amides is 3. The summed E-state index contributed by atoms with van der Waals surface area (Å²) in [6, 6.07) is 6.77. The number of piperidine rings is 1. The van der Waals surface area contributed by atoms with Gasteiger partial charge in [-0.3, -0.25) is 14.4 Å². The van der Waals surface area contributed by atoms with Crippen LogP contribution in [0, 0.1) is 0 Å². The molecule has 1 atom stereocenters. The van der Waals surface area contributed by atoms with Crippen molar-refractivity contribution in [2.75, 3.05) is 32.7 Å². The molecule has 0 bridgehead atoms. The third kappa shape index (κ3) is 4.04. The van der Waals surface area contributed by atoms with E-state index < -0.39 is 6.04 Å². The lowest BCUT2D eigenvalue weighted by atomic mass is 10.0. The second kappa shape index (κ2) is 8.31. The van der Waals surface area contributed by atoms with Gasteiger partial charge in [0.15, 0.2) is 0 Å². The molecule has 1 aliphatic carbocycles. The van der Waals surface area contributed by atoms with Crippen LogP contribution < -0.4 is 10.6 Å². The van der Waals surface area contributed by atoms with Gasteiger partial charge in [0.1, 0.15) is 6.04 Å². The normalized spacial score (nSPS) is 22.1.